The zero-order valence-corrected chi connectivity index (χ0v) is 16.0. The van der Waals surface area contributed by atoms with Crippen molar-refractivity contribution in [3.8, 4) is 0 Å². The Bertz CT molecular complexity index is 1010. The quantitative estimate of drug-likeness (QED) is 0.687. The number of carbonyl (C=O) groups excluding carboxylic acids is 2. The standard InChI is InChI=1S/C22H19N3O2S/c26-21(16-7-10-28-14-16)24-11-17(12-24)19-13-25(20-4-2-1-3-18(19)20)22(27)15-5-8-23-9-6-15/h1-10,14,17,19H,11-13H2. The third kappa shape index (κ3) is 2.81. The van der Waals surface area contributed by atoms with Crippen molar-refractivity contribution in [3.63, 3.8) is 0 Å². The number of fused-ring (bicyclic) bond motifs is 1. The summed E-state index contributed by atoms with van der Waals surface area (Å²) < 4.78 is 0. The van der Waals surface area contributed by atoms with Crippen LogP contribution in [0, 0.1) is 5.92 Å². The Morgan fingerprint density at radius 2 is 1.71 bits per heavy atom. The highest BCUT2D eigenvalue weighted by molar-refractivity contribution is 7.08. The van der Waals surface area contributed by atoms with Crippen molar-refractivity contribution in [3.05, 3.63) is 82.3 Å². The number of hydrogen-bond donors (Lipinski definition) is 0. The summed E-state index contributed by atoms with van der Waals surface area (Å²) in [6.07, 6.45) is 3.29. The van der Waals surface area contributed by atoms with Gasteiger partial charge < -0.3 is 9.80 Å². The summed E-state index contributed by atoms with van der Waals surface area (Å²) in [5.74, 6) is 0.740. The molecule has 2 amide bonds. The molecule has 6 heteroatoms. The summed E-state index contributed by atoms with van der Waals surface area (Å²) in [6, 6.07) is 13.5. The molecular weight excluding hydrogens is 370 g/mol. The van der Waals surface area contributed by atoms with Gasteiger partial charge in [-0.2, -0.15) is 11.3 Å². The number of thiophene rings is 1. The fourth-order valence-corrected chi connectivity index (χ4v) is 4.82. The number of likely N-dealkylation sites (tertiary alicyclic amines) is 1. The zero-order chi connectivity index (χ0) is 19.1. The number of rotatable bonds is 3. The number of nitrogens with zero attached hydrogens (tertiary/aromatic N) is 3. The van der Waals surface area contributed by atoms with Crippen molar-refractivity contribution in [1.82, 2.24) is 9.88 Å². The second-order valence-electron chi connectivity index (χ2n) is 7.30. The van der Waals surface area contributed by atoms with Crippen molar-refractivity contribution in [1.29, 1.82) is 0 Å². The lowest BCUT2D eigenvalue weighted by Gasteiger charge is -2.42. The maximum Gasteiger partial charge on any atom is 0.258 e. The van der Waals surface area contributed by atoms with Crippen LogP contribution in [0.2, 0.25) is 0 Å². The first kappa shape index (κ1) is 17.1. The Balaban J connectivity index is 1.35. The minimum atomic E-state index is 0.00267. The molecular formula is C22H19N3O2S. The molecule has 140 valence electrons. The van der Waals surface area contributed by atoms with Crippen LogP contribution in [0.3, 0.4) is 0 Å². The van der Waals surface area contributed by atoms with Gasteiger partial charge in [0.2, 0.25) is 0 Å². The molecule has 2 aromatic heterocycles. The largest absolute Gasteiger partial charge is 0.338 e. The van der Waals surface area contributed by atoms with Crippen molar-refractivity contribution < 1.29 is 9.59 Å². The van der Waals surface area contributed by atoms with E-state index in [0.29, 0.717) is 18.0 Å². The lowest BCUT2D eigenvalue weighted by atomic mass is 9.82. The average Bonchev–Trinajstić information content (AvgIpc) is 3.36. The Morgan fingerprint density at radius 1 is 0.929 bits per heavy atom. The van der Waals surface area contributed by atoms with E-state index in [2.05, 4.69) is 11.1 Å². The van der Waals surface area contributed by atoms with Crippen LogP contribution in [0.15, 0.2) is 65.6 Å². The molecule has 5 nitrogen and oxygen atoms in total. The van der Waals surface area contributed by atoms with Crippen molar-refractivity contribution in [2.24, 2.45) is 5.92 Å². The number of amides is 2. The number of anilines is 1. The molecule has 1 unspecified atom stereocenters. The molecule has 4 heterocycles. The number of aromatic nitrogens is 1. The number of carbonyl (C=O) groups is 2. The molecule has 0 spiro atoms. The van der Waals surface area contributed by atoms with E-state index < -0.39 is 0 Å². The fourth-order valence-electron chi connectivity index (χ4n) is 4.19. The zero-order valence-electron chi connectivity index (χ0n) is 15.2. The summed E-state index contributed by atoms with van der Waals surface area (Å²) in [5, 5.41) is 3.83. The molecule has 0 aliphatic carbocycles. The van der Waals surface area contributed by atoms with E-state index in [1.807, 2.05) is 44.8 Å². The minimum absolute atomic E-state index is 0.00267. The Hall–Kier alpha value is -2.99. The number of hydrogen-bond acceptors (Lipinski definition) is 4. The molecule has 2 aliphatic heterocycles. The Morgan fingerprint density at radius 3 is 2.46 bits per heavy atom. The highest BCUT2D eigenvalue weighted by Gasteiger charge is 2.43. The molecule has 1 atom stereocenters. The summed E-state index contributed by atoms with van der Waals surface area (Å²) in [7, 11) is 0. The summed E-state index contributed by atoms with van der Waals surface area (Å²) in [6.45, 7) is 2.14. The van der Waals surface area contributed by atoms with Crippen LogP contribution < -0.4 is 4.90 Å². The second kappa shape index (κ2) is 6.87. The van der Waals surface area contributed by atoms with E-state index in [4.69, 9.17) is 0 Å². The van der Waals surface area contributed by atoms with E-state index in [0.717, 1.165) is 24.3 Å². The molecule has 0 N–H and O–H groups in total. The number of benzene rings is 1. The monoisotopic (exact) mass is 389 g/mol. The Labute approximate surface area is 167 Å². The summed E-state index contributed by atoms with van der Waals surface area (Å²) in [5.41, 5.74) is 3.60. The third-order valence-corrected chi connectivity index (χ3v) is 6.40. The minimum Gasteiger partial charge on any atom is -0.338 e. The van der Waals surface area contributed by atoms with Crippen LogP contribution in [0.25, 0.3) is 0 Å². The first-order valence-corrected chi connectivity index (χ1v) is 10.3. The van der Waals surface area contributed by atoms with Crippen LogP contribution in [0.5, 0.6) is 0 Å². The molecule has 28 heavy (non-hydrogen) atoms. The van der Waals surface area contributed by atoms with Gasteiger partial charge in [-0.3, -0.25) is 14.6 Å². The highest BCUT2D eigenvalue weighted by atomic mass is 32.1. The SMILES string of the molecule is O=C(c1ccsc1)N1CC(C2CN(C(=O)c3ccncc3)c3ccccc32)C1. The van der Waals surface area contributed by atoms with Crippen molar-refractivity contribution >= 4 is 28.8 Å². The van der Waals surface area contributed by atoms with Gasteiger partial charge in [-0.25, -0.2) is 0 Å². The summed E-state index contributed by atoms with van der Waals surface area (Å²) in [4.78, 5) is 33.3. The second-order valence-corrected chi connectivity index (χ2v) is 8.08. The predicted molar refractivity (Wildman–Crippen MR) is 109 cm³/mol. The van der Waals surface area contributed by atoms with Gasteiger partial charge in [0, 0.05) is 60.5 Å². The van der Waals surface area contributed by atoms with E-state index >= 15 is 0 Å². The Kier molecular flexibility index (Phi) is 4.20. The third-order valence-electron chi connectivity index (χ3n) is 5.71. The number of para-hydroxylation sites is 1. The maximum absolute atomic E-state index is 13.0. The van der Waals surface area contributed by atoms with Gasteiger partial charge in [-0.1, -0.05) is 18.2 Å². The van der Waals surface area contributed by atoms with Crippen LogP contribution in [-0.4, -0.2) is 41.3 Å². The van der Waals surface area contributed by atoms with Gasteiger partial charge in [0.15, 0.2) is 0 Å². The van der Waals surface area contributed by atoms with Crippen molar-refractivity contribution in [2.45, 2.75) is 5.92 Å². The van der Waals surface area contributed by atoms with Gasteiger partial charge in [-0.05, 0) is 35.2 Å². The molecule has 1 saturated heterocycles. The van der Waals surface area contributed by atoms with Crippen LogP contribution in [-0.2, 0) is 0 Å². The van der Waals surface area contributed by atoms with E-state index in [1.54, 1.807) is 35.9 Å². The van der Waals surface area contributed by atoms with E-state index in [-0.39, 0.29) is 17.7 Å². The lowest BCUT2D eigenvalue weighted by molar-refractivity contribution is 0.0455. The molecule has 2 aliphatic rings. The summed E-state index contributed by atoms with van der Waals surface area (Å²) >= 11 is 1.54. The van der Waals surface area contributed by atoms with Gasteiger partial charge in [0.1, 0.15) is 0 Å². The normalized spacial score (nSPS) is 18.6. The van der Waals surface area contributed by atoms with Crippen molar-refractivity contribution in [2.75, 3.05) is 24.5 Å². The maximum atomic E-state index is 13.0. The first-order valence-electron chi connectivity index (χ1n) is 9.34. The fraction of sp³-hybridized carbons (Fsp3) is 0.227. The van der Waals surface area contributed by atoms with E-state index in [1.165, 1.54) is 5.56 Å². The molecule has 0 saturated carbocycles. The van der Waals surface area contributed by atoms with E-state index in [9.17, 15) is 9.59 Å². The average molecular weight is 389 g/mol. The van der Waals surface area contributed by atoms with Gasteiger partial charge in [-0.15, -0.1) is 0 Å². The van der Waals surface area contributed by atoms with Gasteiger partial charge >= 0.3 is 0 Å². The smallest absolute Gasteiger partial charge is 0.258 e. The molecule has 5 rings (SSSR count). The molecule has 3 aromatic rings. The highest BCUT2D eigenvalue weighted by Crippen LogP contribution is 2.43. The topological polar surface area (TPSA) is 53.5 Å². The molecule has 1 aromatic carbocycles. The van der Waals surface area contributed by atoms with Gasteiger partial charge in [0.05, 0.1) is 5.56 Å². The number of pyridine rings is 1. The predicted octanol–water partition coefficient (Wildman–Crippen LogP) is 3.66. The molecule has 0 bridgehead atoms. The molecule has 1 fully saturated rings. The van der Waals surface area contributed by atoms with Crippen LogP contribution in [0.4, 0.5) is 5.69 Å². The lowest BCUT2D eigenvalue weighted by Crippen LogP contribution is -2.52. The van der Waals surface area contributed by atoms with Gasteiger partial charge in [0.25, 0.3) is 11.8 Å². The van der Waals surface area contributed by atoms with Crippen LogP contribution >= 0.6 is 11.3 Å². The first-order chi connectivity index (χ1) is 13.7. The van der Waals surface area contributed by atoms with Crippen LogP contribution in [0.1, 0.15) is 32.2 Å². The molecule has 0 radical (unpaired) electrons.